The molecule has 8 nitrogen and oxygen atoms in total. The molecular weight excluding hydrogens is 380 g/mol. The number of ether oxygens (including phenoxy) is 1. The van der Waals surface area contributed by atoms with Crippen LogP contribution >= 0.6 is 0 Å². The van der Waals surface area contributed by atoms with Crippen LogP contribution in [-0.2, 0) is 0 Å². The highest BCUT2D eigenvalue weighted by Gasteiger charge is 2.06. The number of rotatable bonds is 9. The Morgan fingerprint density at radius 2 is 1.73 bits per heavy atom. The van der Waals surface area contributed by atoms with Gasteiger partial charge in [-0.05, 0) is 62.7 Å². The number of hydrogen-bond acceptors (Lipinski definition) is 7. The van der Waals surface area contributed by atoms with Gasteiger partial charge in [0.2, 0.25) is 0 Å². The van der Waals surface area contributed by atoms with Crippen molar-refractivity contribution in [2.24, 2.45) is 0 Å². The van der Waals surface area contributed by atoms with E-state index in [0.717, 1.165) is 17.1 Å². The lowest BCUT2D eigenvalue weighted by atomic mass is 10.2. The zero-order valence-electron chi connectivity index (χ0n) is 17.4. The molecule has 1 amide bonds. The van der Waals surface area contributed by atoms with Crippen molar-refractivity contribution in [2.75, 3.05) is 30.3 Å². The van der Waals surface area contributed by atoms with Gasteiger partial charge in [-0.2, -0.15) is 0 Å². The molecule has 0 fully saturated rings. The Labute approximate surface area is 176 Å². The number of aromatic nitrogens is 3. The minimum absolute atomic E-state index is 0.133. The fraction of sp³-hybridized carbons (Fsp3) is 0.273. The average molecular weight is 406 g/mol. The van der Waals surface area contributed by atoms with Gasteiger partial charge in [-0.1, -0.05) is 0 Å². The molecule has 0 aliphatic rings. The van der Waals surface area contributed by atoms with E-state index in [1.807, 2.05) is 39.0 Å². The molecule has 0 bridgehead atoms. The maximum absolute atomic E-state index is 12.2. The monoisotopic (exact) mass is 406 g/mol. The Bertz CT molecular complexity index is 991. The van der Waals surface area contributed by atoms with E-state index >= 15 is 0 Å². The lowest BCUT2D eigenvalue weighted by molar-refractivity contribution is 0.0955. The Kier molecular flexibility index (Phi) is 7.15. The highest BCUT2D eigenvalue weighted by atomic mass is 16.5. The van der Waals surface area contributed by atoms with E-state index in [2.05, 4.69) is 30.9 Å². The molecule has 0 unspecified atom stereocenters. The molecule has 2 aromatic heterocycles. The van der Waals surface area contributed by atoms with Gasteiger partial charge in [0.05, 0.1) is 6.61 Å². The third-order valence-electron chi connectivity index (χ3n) is 4.15. The number of nitrogens with one attached hydrogen (secondary N) is 3. The molecule has 0 aliphatic heterocycles. The second-order valence-electron chi connectivity index (χ2n) is 6.67. The minimum atomic E-state index is -0.133. The number of amides is 1. The van der Waals surface area contributed by atoms with Crippen molar-refractivity contribution in [3.8, 4) is 5.75 Å². The third-order valence-corrected chi connectivity index (χ3v) is 4.15. The lowest BCUT2D eigenvalue weighted by Gasteiger charge is -2.11. The fourth-order valence-electron chi connectivity index (χ4n) is 2.80. The van der Waals surface area contributed by atoms with Crippen LogP contribution in [0, 0.1) is 13.8 Å². The molecule has 8 heteroatoms. The van der Waals surface area contributed by atoms with Crippen molar-refractivity contribution in [1.82, 2.24) is 20.3 Å². The van der Waals surface area contributed by atoms with Gasteiger partial charge in [0.1, 0.15) is 29.0 Å². The SMILES string of the molecule is CCOc1ccc(C(=O)NCCNc2cc(Nc3cc(C)ccn3)nc(C)n2)cc1. The number of anilines is 3. The molecule has 0 saturated carbocycles. The molecule has 30 heavy (non-hydrogen) atoms. The summed E-state index contributed by atoms with van der Waals surface area (Å²) >= 11 is 0. The largest absolute Gasteiger partial charge is 0.494 e. The second kappa shape index (κ2) is 10.2. The molecule has 2 heterocycles. The Hall–Kier alpha value is -3.68. The first-order valence-electron chi connectivity index (χ1n) is 9.84. The van der Waals surface area contributed by atoms with Crippen LogP contribution < -0.4 is 20.7 Å². The van der Waals surface area contributed by atoms with Gasteiger partial charge in [-0.25, -0.2) is 15.0 Å². The number of carbonyl (C=O) groups is 1. The lowest BCUT2D eigenvalue weighted by Crippen LogP contribution is -2.28. The van der Waals surface area contributed by atoms with E-state index < -0.39 is 0 Å². The third kappa shape index (κ3) is 6.16. The summed E-state index contributed by atoms with van der Waals surface area (Å²) in [7, 11) is 0. The Morgan fingerprint density at radius 1 is 0.967 bits per heavy atom. The van der Waals surface area contributed by atoms with Crippen LogP contribution in [0.1, 0.15) is 28.7 Å². The van der Waals surface area contributed by atoms with Gasteiger partial charge >= 0.3 is 0 Å². The van der Waals surface area contributed by atoms with Crippen molar-refractivity contribution >= 4 is 23.4 Å². The minimum Gasteiger partial charge on any atom is -0.494 e. The maximum Gasteiger partial charge on any atom is 0.251 e. The standard InChI is InChI=1S/C22H26N6O2/c1-4-30-18-7-5-17(6-8-18)22(29)25-12-11-24-20-14-21(27-16(3)26-20)28-19-13-15(2)9-10-23-19/h5-10,13-14H,4,11-12H2,1-3H3,(H,25,29)(H2,23,24,26,27,28). The molecule has 1 aromatic carbocycles. The predicted molar refractivity (Wildman–Crippen MR) is 117 cm³/mol. The first-order chi connectivity index (χ1) is 14.5. The molecule has 3 rings (SSSR count). The molecule has 0 aliphatic carbocycles. The van der Waals surface area contributed by atoms with Crippen LogP contribution in [0.5, 0.6) is 5.75 Å². The number of hydrogen-bond donors (Lipinski definition) is 3. The zero-order chi connectivity index (χ0) is 21.3. The van der Waals surface area contributed by atoms with Crippen molar-refractivity contribution in [3.63, 3.8) is 0 Å². The van der Waals surface area contributed by atoms with Crippen LogP contribution in [0.2, 0.25) is 0 Å². The molecule has 156 valence electrons. The van der Waals surface area contributed by atoms with Crippen molar-refractivity contribution < 1.29 is 9.53 Å². The van der Waals surface area contributed by atoms with Crippen molar-refractivity contribution in [2.45, 2.75) is 20.8 Å². The molecule has 0 radical (unpaired) electrons. The first kappa shape index (κ1) is 21.0. The topological polar surface area (TPSA) is 101 Å². The van der Waals surface area contributed by atoms with Gasteiger partial charge in [0, 0.05) is 30.9 Å². The van der Waals surface area contributed by atoms with Gasteiger partial charge < -0.3 is 20.7 Å². The van der Waals surface area contributed by atoms with Crippen LogP contribution in [0.3, 0.4) is 0 Å². The summed E-state index contributed by atoms with van der Waals surface area (Å²) in [6.45, 7) is 7.34. The van der Waals surface area contributed by atoms with E-state index in [9.17, 15) is 4.79 Å². The van der Waals surface area contributed by atoms with Crippen molar-refractivity contribution in [1.29, 1.82) is 0 Å². The molecular formula is C22H26N6O2. The number of benzene rings is 1. The summed E-state index contributed by atoms with van der Waals surface area (Å²) in [6.07, 6.45) is 1.75. The van der Waals surface area contributed by atoms with Crippen LogP contribution in [0.15, 0.2) is 48.7 Å². The summed E-state index contributed by atoms with van der Waals surface area (Å²) in [5.41, 5.74) is 1.70. The molecule has 0 atom stereocenters. The van der Waals surface area contributed by atoms with E-state index in [1.165, 1.54) is 0 Å². The maximum atomic E-state index is 12.2. The summed E-state index contributed by atoms with van der Waals surface area (Å²) in [6, 6.07) is 12.8. The number of pyridine rings is 1. The highest BCUT2D eigenvalue weighted by molar-refractivity contribution is 5.94. The fourth-order valence-corrected chi connectivity index (χ4v) is 2.80. The smallest absolute Gasteiger partial charge is 0.251 e. The Balaban J connectivity index is 1.50. The second-order valence-corrected chi connectivity index (χ2v) is 6.67. The van der Waals surface area contributed by atoms with Crippen LogP contribution in [0.4, 0.5) is 17.5 Å². The van der Waals surface area contributed by atoms with E-state index in [0.29, 0.717) is 42.7 Å². The van der Waals surface area contributed by atoms with Gasteiger partial charge in [-0.15, -0.1) is 0 Å². The Morgan fingerprint density at radius 3 is 2.47 bits per heavy atom. The normalized spacial score (nSPS) is 10.4. The van der Waals surface area contributed by atoms with E-state index in [-0.39, 0.29) is 5.91 Å². The zero-order valence-corrected chi connectivity index (χ0v) is 17.4. The van der Waals surface area contributed by atoms with Gasteiger partial charge in [-0.3, -0.25) is 4.79 Å². The highest BCUT2D eigenvalue weighted by Crippen LogP contribution is 2.16. The van der Waals surface area contributed by atoms with Gasteiger partial charge in [0.25, 0.3) is 5.91 Å². The van der Waals surface area contributed by atoms with Crippen molar-refractivity contribution in [3.05, 3.63) is 65.6 Å². The summed E-state index contributed by atoms with van der Waals surface area (Å²) in [4.78, 5) is 25.3. The summed E-state index contributed by atoms with van der Waals surface area (Å²) < 4.78 is 5.39. The molecule has 0 spiro atoms. The first-order valence-corrected chi connectivity index (χ1v) is 9.84. The average Bonchev–Trinajstić information content (AvgIpc) is 2.71. The number of carbonyl (C=O) groups excluding carboxylic acids is 1. The van der Waals surface area contributed by atoms with Crippen LogP contribution in [0.25, 0.3) is 0 Å². The molecule has 0 saturated heterocycles. The van der Waals surface area contributed by atoms with E-state index in [4.69, 9.17) is 4.74 Å². The number of aryl methyl sites for hydroxylation is 2. The summed E-state index contributed by atoms with van der Waals surface area (Å²) in [5, 5.41) is 9.28. The number of nitrogens with zero attached hydrogens (tertiary/aromatic N) is 3. The quantitative estimate of drug-likeness (QED) is 0.468. The molecule has 3 N–H and O–H groups in total. The van der Waals surface area contributed by atoms with E-state index in [1.54, 1.807) is 30.5 Å². The van der Waals surface area contributed by atoms with Crippen LogP contribution in [-0.4, -0.2) is 40.6 Å². The summed E-state index contributed by atoms with van der Waals surface area (Å²) in [5.74, 6) is 3.30. The van der Waals surface area contributed by atoms with Gasteiger partial charge in [0.15, 0.2) is 0 Å². The molecule has 3 aromatic rings. The predicted octanol–water partition coefficient (Wildman–Crippen LogP) is 3.47.